The van der Waals surface area contributed by atoms with Crippen LogP contribution in [0, 0.1) is 5.92 Å². The summed E-state index contributed by atoms with van der Waals surface area (Å²) < 4.78 is 36.8. The summed E-state index contributed by atoms with van der Waals surface area (Å²) in [5.41, 5.74) is -0.711. The van der Waals surface area contributed by atoms with Gasteiger partial charge >= 0.3 is 12.1 Å². The van der Waals surface area contributed by atoms with Crippen LogP contribution in [0.2, 0.25) is 0 Å². The predicted molar refractivity (Wildman–Crippen MR) is 73.0 cm³/mol. The van der Waals surface area contributed by atoms with Crippen molar-refractivity contribution in [3.63, 3.8) is 0 Å². The van der Waals surface area contributed by atoms with Crippen LogP contribution in [-0.2, 0) is 28.6 Å². The number of carbonyl (C=O) groups is 2. The maximum Gasteiger partial charge on any atom is 0.408 e. The zero-order valence-corrected chi connectivity index (χ0v) is 13.5. The van der Waals surface area contributed by atoms with Gasteiger partial charge in [0, 0.05) is 0 Å². The highest BCUT2D eigenvalue weighted by Crippen LogP contribution is 2.24. The van der Waals surface area contributed by atoms with E-state index in [-0.39, 0.29) is 6.61 Å². The molecule has 122 valence electrons. The van der Waals surface area contributed by atoms with Crippen LogP contribution in [0.25, 0.3) is 0 Å². The largest absolute Gasteiger partial charge is 0.461 e. The van der Waals surface area contributed by atoms with E-state index in [0.29, 0.717) is 0 Å². The topological polar surface area (TPSA) is 108 Å². The molecule has 1 aliphatic heterocycles. The van der Waals surface area contributed by atoms with Crippen LogP contribution in [0.5, 0.6) is 0 Å². The number of nitrogens with one attached hydrogen (secondary N) is 1. The lowest BCUT2D eigenvalue weighted by Crippen LogP contribution is -2.46. The summed E-state index contributed by atoms with van der Waals surface area (Å²) >= 11 is 0. The molecule has 1 saturated heterocycles. The summed E-state index contributed by atoms with van der Waals surface area (Å²) in [4.78, 5) is 23.4. The third-order valence-electron chi connectivity index (χ3n) is 2.73. The maximum absolute atomic E-state index is 11.7. The molecule has 0 aliphatic carbocycles. The van der Waals surface area contributed by atoms with Crippen LogP contribution in [0.4, 0.5) is 4.79 Å². The lowest BCUT2D eigenvalue weighted by Gasteiger charge is -2.23. The van der Waals surface area contributed by atoms with E-state index < -0.39 is 45.8 Å². The van der Waals surface area contributed by atoms with E-state index in [1.807, 2.05) is 0 Å². The minimum Gasteiger partial charge on any atom is -0.461 e. The number of cyclic esters (lactones) is 1. The normalized spacial score (nSPS) is 26.3. The second kappa shape index (κ2) is 6.18. The number of alkyl carbamates (subject to hydrolysis) is 1. The molecule has 0 radical (unpaired) electrons. The standard InChI is InChI=1S/C12H21NO7S/c1-7-8(6-18-21(5,16)17)9(10(14)19-7)13-11(15)20-12(2,3)4/h7-9H,6H2,1-5H3,(H,13,15). The average molecular weight is 323 g/mol. The Labute approximate surface area is 124 Å². The molecule has 0 spiro atoms. The highest BCUT2D eigenvalue weighted by atomic mass is 32.2. The van der Waals surface area contributed by atoms with Gasteiger partial charge in [-0.15, -0.1) is 0 Å². The molecule has 1 aliphatic rings. The van der Waals surface area contributed by atoms with Crippen molar-refractivity contribution in [1.82, 2.24) is 5.32 Å². The van der Waals surface area contributed by atoms with Crippen LogP contribution in [0.15, 0.2) is 0 Å². The van der Waals surface area contributed by atoms with Crippen molar-refractivity contribution in [1.29, 1.82) is 0 Å². The molecular formula is C12H21NO7S. The molecular weight excluding hydrogens is 302 g/mol. The molecule has 0 aromatic carbocycles. The first kappa shape index (κ1) is 17.7. The van der Waals surface area contributed by atoms with Gasteiger partial charge < -0.3 is 14.8 Å². The minimum absolute atomic E-state index is 0.258. The van der Waals surface area contributed by atoms with E-state index in [0.717, 1.165) is 6.26 Å². The molecule has 3 atom stereocenters. The van der Waals surface area contributed by atoms with Crippen LogP contribution in [0.1, 0.15) is 27.7 Å². The Morgan fingerprint density at radius 1 is 1.38 bits per heavy atom. The summed E-state index contributed by atoms with van der Waals surface area (Å²) in [6, 6.07) is -1.00. The first-order valence-electron chi connectivity index (χ1n) is 6.43. The summed E-state index contributed by atoms with van der Waals surface area (Å²) in [7, 11) is -3.64. The lowest BCUT2D eigenvalue weighted by atomic mass is 9.99. The Hall–Kier alpha value is -1.35. The first-order valence-corrected chi connectivity index (χ1v) is 8.25. The maximum atomic E-state index is 11.7. The fraction of sp³-hybridized carbons (Fsp3) is 0.833. The molecule has 0 aromatic rings. The minimum atomic E-state index is -3.64. The quantitative estimate of drug-likeness (QED) is 0.590. The fourth-order valence-corrected chi connectivity index (χ4v) is 2.23. The summed E-state index contributed by atoms with van der Waals surface area (Å²) in [5, 5.41) is 2.39. The van der Waals surface area contributed by atoms with Crippen LogP contribution >= 0.6 is 0 Å². The van der Waals surface area contributed by atoms with E-state index in [4.69, 9.17) is 13.7 Å². The molecule has 0 bridgehead atoms. The zero-order valence-electron chi connectivity index (χ0n) is 12.7. The number of ether oxygens (including phenoxy) is 2. The molecule has 8 nitrogen and oxygen atoms in total. The fourth-order valence-electron chi connectivity index (χ4n) is 1.82. The Morgan fingerprint density at radius 3 is 2.43 bits per heavy atom. The Morgan fingerprint density at radius 2 is 1.95 bits per heavy atom. The summed E-state index contributed by atoms with van der Waals surface area (Å²) in [6.07, 6.45) is -0.437. The third-order valence-corrected chi connectivity index (χ3v) is 3.30. The van der Waals surface area contributed by atoms with Crippen molar-refractivity contribution in [2.24, 2.45) is 5.92 Å². The number of rotatable bonds is 4. The second-order valence-electron chi connectivity index (χ2n) is 5.92. The SMILES string of the molecule is CC1OC(=O)C(NC(=O)OC(C)(C)C)C1COS(C)(=O)=O. The van der Waals surface area contributed by atoms with Gasteiger partial charge in [0.15, 0.2) is 0 Å². The Balaban J connectivity index is 2.72. The van der Waals surface area contributed by atoms with Gasteiger partial charge in [-0.1, -0.05) is 0 Å². The number of hydrogen-bond acceptors (Lipinski definition) is 7. The van der Waals surface area contributed by atoms with Gasteiger partial charge in [0.05, 0.1) is 18.8 Å². The highest BCUT2D eigenvalue weighted by molar-refractivity contribution is 7.85. The molecule has 1 rings (SSSR count). The molecule has 1 N–H and O–H groups in total. The van der Waals surface area contributed by atoms with Gasteiger partial charge in [0.1, 0.15) is 17.7 Å². The van der Waals surface area contributed by atoms with Crippen molar-refractivity contribution in [3.8, 4) is 0 Å². The van der Waals surface area contributed by atoms with Gasteiger partial charge in [-0.05, 0) is 27.7 Å². The van der Waals surface area contributed by atoms with Crippen molar-refractivity contribution in [2.45, 2.75) is 45.4 Å². The monoisotopic (exact) mass is 323 g/mol. The van der Waals surface area contributed by atoms with Gasteiger partial charge in [-0.25, -0.2) is 9.59 Å². The van der Waals surface area contributed by atoms with Gasteiger partial charge in [0.25, 0.3) is 10.1 Å². The van der Waals surface area contributed by atoms with Crippen molar-refractivity contribution < 1.29 is 31.7 Å². The van der Waals surface area contributed by atoms with E-state index in [1.54, 1.807) is 27.7 Å². The first-order chi connectivity index (χ1) is 9.39. The number of carbonyl (C=O) groups excluding carboxylic acids is 2. The summed E-state index contributed by atoms with van der Waals surface area (Å²) in [6.45, 7) is 6.41. The zero-order chi connectivity index (χ0) is 16.4. The van der Waals surface area contributed by atoms with E-state index in [1.165, 1.54) is 0 Å². The Kier molecular flexibility index (Phi) is 5.21. The smallest absolute Gasteiger partial charge is 0.408 e. The van der Waals surface area contributed by atoms with E-state index >= 15 is 0 Å². The third kappa shape index (κ3) is 5.88. The molecule has 0 aromatic heterocycles. The molecule has 21 heavy (non-hydrogen) atoms. The van der Waals surface area contributed by atoms with E-state index in [2.05, 4.69) is 5.32 Å². The van der Waals surface area contributed by atoms with Crippen molar-refractivity contribution >= 4 is 22.2 Å². The molecule has 1 fully saturated rings. The molecule has 1 heterocycles. The highest BCUT2D eigenvalue weighted by Gasteiger charge is 2.44. The van der Waals surface area contributed by atoms with Crippen LogP contribution in [0.3, 0.4) is 0 Å². The van der Waals surface area contributed by atoms with Crippen molar-refractivity contribution in [3.05, 3.63) is 0 Å². The molecule has 1 amide bonds. The number of amides is 1. The van der Waals surface area contributed by atoms with Crippen LogP contribution < -0.4 is 5.32 Å². The van der Waals surface area contributed by atoms with Crippen LogP contribution in [-0.4, -0.2) is 51.1 Å². The van der Waals surface area contributed by atoms with Gasteiger partial charge in [0.2, 0.25) is 0 Å². The van der Waals surface area contributed by atoms with Gasteiger partial charge in [-0.2, -0.15) is 8.42 Å². The second-order valence-corrected chi connectivity index (χ2v) is 7.56. The summed E-state index contributed by atoms with van der Waals surface area (Å²) in [5.74, 6) is -1.25. The van der Waals surface area contributed by atoms with Gasteiger partial charge in [-0.3, -0.25) is 4.18 Å². The number of esters is 1. The van der Waals surface area contributed by atoms with Crippen molar-refractivity contribution in [2.75, 3.05) is 12.9 Å². The molecule has 3 unspecified atom stereocenters. The average Bonchev–Trinajstić information content (AvgIpc) is 2.47. The van der Waals surface area contributed by atoms with E-state index in [9.17, 15) is 18.0 Å². The predicted octanol–water partition coefficient (Wildman–Crippen LogP) is 0.417. The Bertz CT molecular complexity index is 508. The molecule has 9 heteroatoms. The number of hydrogen-bond donors (Lipinski definition) is 1. The lowest BCUT2D eigenvalue weighted by molar-refractivity contribution is -0.142. The molecule has 0 saturated carbocycles.